The van der Waals surface area contributed by atoms with Crippen LogP contribution in [0.5, 0.6) is 0 Å². The zero-order chi connectivity index (χ0) is 17.9. The maximum atomic E-state index is 5.55. The summed E-state index contributed by atoms with van der Waals surface area (Å²) in [6.07, 6.45) is 4.61. The lowest BCUT2D eigenvalue weighted by molar-refractivity contribution is 0.102. The predicted molar refractivity (Wildman–Crippen MR) is 98.1 cm³/mol. The molecule has 0 radical (unpaired) electrons. The van der Waals surface area contributed by atoms with Crippen molar-refractivity contribution in [3.8, 4) is 0 Å². The van der Waals surface area contributed by atoms with Gasteiger partial charge < -0.3 is 19.5 Å². The number of anilines is 2. The normalized spacial score (nSPS) is 18.5. The van der Waals surface area contributed by atoms with E-state index in [1.165, 1.54) is 0 Å². The number of hydrogen-bond donors (Lipinski definition) is 1. The van der Waals surface area contributed by atoms with E-state index >= 15 is 0 Å². The topological polar surface area (TPSA) is 79.5 Å². The van der Waals surface area contributed by atoms with Crippen molar-refractivity contribution in [2.24, 2.45) is 0 Å². The Kier molecular flexibility index (Phi) is 5.03. The number of hydrogen-bond acceptors (Lipinski definition) is 8. The van der Waals surface area contributed by atoms with Gasteiger partial charge in [-0.05, 0) is 12.8 Å². The lowest BCUT2D eigenvalue weighted by Gasteiger charge is -2.32. The maximum Gasteiger partial charge on any atom is 0.144 e. The minimum atomic E-state index is 0.436. The molecule has 1 N–H and O–H groups in total. The number of nitrogens with zero attached hydrogens (tertiary/aromatic N) is 5. The van der Waals surface area contributed by atoms with Crippen molar-refractivity contribution in [3.05, 3.63) is 29.4 Å². The molecule has 2 aromatic heterocycles. The van der Waals surface area contributed by atoms with Gasteiger partial charge in [0.2, 0.25) is 0 Å². The van der Waals surface area contributed by atoms with E-state index in [-0.39, 0.29) is 0 Å². The second-order valence-corrected chi connectivity index (χ2v) is 7.18. The standard InChI is InChI=1S/C18H26N6O2/c1-23(2)18-9-17(19-12-20-18)21-13-3-6-24(7-4-13)10-15-14-11-25-8-5-16(14)26-22-15/h9,12-13H,3-8,10-11H2,1-2H3,(H,19,20,21). The highest BCUT2D eigenvalue weighted by molar-refractivity contribution is 5.47. The van der Waals surface area contributed by atoms with Gasteiger partial charge in [0.25, 0.3) is 0 Å². The molecule has 0 bridgehead atoms. The van der Waals surface area contributed by atoms with Crippen molar-refractivity contribution >= 4 is 11.6 Å². The maximum absolute atomic E-state index is 5.55. The Morgan fingerprint density at radius 3 is 2.92 bits per heavy atom. The van der Waals surface area contributed by atoms with Crippen molar-refractivity contribution in [2.45, 2.75) is 38.5 Å². The molecule has 0 saturated carbocycles. The highest BCUT2D eigenvalue weighted by Crippen LogP contribution is 2.23. The van der Waals surface area contributed by atoms with Gasteiger partial charge in [-0.3, -0.25) is 4.90 Å². The fourth-order valence-corrected chi connectivity index (χ4v) is 3.53. The Morgan fingerprint density at radius 1 is 1.27 bits per heavy atom. The lowest BCUT2D eigenvalue weighted by Crippen LogP contribution is -2.39. The Labute approximate surface area is 153 Å². The van der Waals surface area contributed by atoms with Crippen LogP contribution in [0.2, 0.25) is 0 Å². The molecular weight excluding hydrogens is 332 g/mol. The van der Waals surface area contributed by atoms with E-state index in [4.69, 9.17) is 9.26 Å². The Bertz CT molecular complexity index is 739. The fraction of sp³-hybridized carbons (Fsp3) is 0.611. The third-order valence-electron chi connectivity index (χ3n) is 5.09. The Morgan fingerprint density at radius 2 is 2.12 bits per heavy atom. The first-order valence-electron chi connectivity index (χ1n) is 9.21. The van der Waals surface area contributed by atoms with Crippen LogP contribution in [0.3, 0.4) is 0 Å². The van der Waals surface area contributed by atoms with E-state index in [1.54, 1.807) is 6.33 Å². The molecule has 0 atom stereocenters. The van der Waals surface area contributed by atoms with Crippen LogP contribution in [0.1, 0.15) is 29.9 Å². The summed E-state index contributed by atoms with van der Waals surface area (Å²) in [6, 6.07) is 2.43. The average Bonchev–Trinajstić information content (AvgIpc) is 3.07. The third-order valence-corrected chi connectivity index (χ3v) is 5.09. The second kappa shape index (κ2) is 7.59. The summed E-state index contributed by atoms with van der Waals surface area (Å²) in [5.41, 5.74) is 2.20. The first kappa shape index (κ1) is 17.2. The van der Waals surface area contributed by atoms with Gasteiger partial charge in [-0.15, -0.1) is 0 Å². The number of ether oxygens (including phenoxy) is 1. The number of piperidine rings is 1. The quantitative estimate of drug-likeness (QED) is 0.865. The van der Waals surface area contributed by atoms with Crippen LogP contribution in [-0.2, 0) is 24.3 Å². The van der Waals surface area contributed by atoms with E-state index in [1.807, 2.05) is 25.1 Å². The van der Waals surface area contributed by atoms with Gasteiger partial charge in [0, 0.05) is 57.8 Å². The molecule has 1 saturated heterocycles. The summed E-state index contributed by atoms with van der Waals surface area (Å²) in [6.45, 7) is 4.27. The van der Waals surface area contributed by atoms with Crippen molar-refractivity contribution in [1.29, 1.82) is 0 Å². The molecule has 8 nitrogen and oxygen atoms in total. The molecule has 0 aromatic carbocycles. The van der Waals surface area contributed by atoms with Gasteiger partial charge in [0.1, 0.15) is 29.4 Å². The number of aromatic nitrogens is 3. The molecule has 1 fully saturated rings. The summed E-state index contributed by atoms with van der Waals surface area (Å²) >= 11 is 0. The summed E-state index contributed by atoms with van der Waals surface area (Å²) in [5.74, 6) is 2.81. The summed E-state index contributed by atoms with van der Waals surface area (Å²) in [4.78, 5) is 13.0. The van der Waals surface area contributed by atoms with Crippen molar-refractivity contribution in [2.75, 3.05) is 44.0 Å². The van der Waals surface area contributed by atoms with Crippen LogP contribution in [0.15, 0.2) is 16.9 Å². The van der Waals surface area contributed by atoms with Gasteiger partial charge in [-0.25, -0.2) is 9.97 Å². The first-order chi connectivity index (χ1) is 12.7. The predicted octanol–water partition coefficient (Wildman–Crippen LogP) is 1.68. The van der Waals surface area contributed by atoms with Crippen LogP contribution in [0.4, 0.5) is 11.6 Å². The SMILES string of the molecule is CN(C)c1cc(NC2CCN(Cc3noc4c3COCC4)CC2)ncn1. The Balaban J connectivity index is 1.30. The molecule has 0 unspecified atom stereocenters. The molecule has 8 heteroatoms. The molecule has 140 valence electrons. The lowest BCUT2D eigenvalue weighted by atomic mass is 10.0. The number of nitrogens with one attached hydrogen (secondary N) is 1. The van der Waals surface area contributed by atoms with Crippen molar-refractivity contribution in [1.82, 2.24) is 20.0 Å². The fourth-order valence-electron chi connectivity index (χ4n) is 3.53. The minimum absolute atomic E-state index is 0.436. The zero-order valence-electron chi connectivity index (χ0n) is 15.4. The van der Waals surface area contributed by atoms with Crippen molar-refractivity contribution < 1.29 is 9.26 Å². The highest BCUT2D eigenvalue weighted by Gasteiger charge is 2.24. The van der Waals surface area contributed by atoms with Crippen LogP contribution in [-0.4, -0.2) is 59.9 Å². The molecule has 4 rings (SSSR count). The van der Waals surface area contributed by atoms with Gasteiger partial charge in [-0.2, -0.15) is 0 Å². The molecule has 0 amide bonds. The van der Waals surface area contributed by atoms with E-state index < -0.39 is 0 Å². The zero-order valence-corrected chi connectivity index (χ0v) is 15.4. The monoisotopic (exact) mass is 358 g/mol. The smallest absolute Gasteiger partial charge is 0.144 e. The largest absolute Gasteiger partial charge is 0.376 e. The van der Waals surface area contributed by atoms with Gasteiger partial charge in [-0.1, -0.05) is 5.16 Å². The molecule has 4 heterocycles. The Hall–Kier alpha value is -2.19. The molecule has 0 spiro atoms. The highest BCUT2D eigenvalue weighted by atomic mass is 16.5. The third kappa shape index (κ3) is 3.81. The van der Waals surface area contributed by atoms with Gasteiger partial charge in [0.05, 0.1) is 13.2 Å². The number of likely N-dealkylation sites (tertiary alicyclic amines) is 1. The first-order valence-corrected chi connectivity index (χ1v) is 9.21. The van der Waals surface area contributed by atoms with E-state index in [9.17, 15) is 0 Å². The minimum Gasteiger partial charge on any atom is -0.376 e. The average molecular weight is 358 g/mol. The molecule has 26 heavy (non-hydrogen) atoms. The number of rotatable bonds is 5. The number of fused-ring (bicyclic) bond motifs is 1. The van der Waals surface area contributed by atoms with E-state index in [0.717, 1.165) is 74.2 Å². The van der Waals surface area contributed by atoms with Crippen LogP contribution in [0, 0.1) is 0 Å². The summed E-state index contributed by atoms with van der Waals surface area (Å²) in [5, 5.41) is 7.82. The molecular formula is C18H26N6O2. The summed E-state index contributed by atoms with van der Waals surface area (Å²) < 4.78 is 11.0. The van der Waals surface area contributed by atoms with Crippen molar-refractivity contribution in [3.63, 3.8) is 0 Å². The van der Waals surface area contributed by atoms with Crippen LogP contribution in [0.25, 0.3) is 0 Å². The second-order valence-electron chi connectivity index (χ2n) is 7.18. The molecule has 2 aliphatic rings. The van der Waals surface area contributed by atoms with Gasteiger partial charge >= 0.3 is 0 Å². The van der Waals surface area contributed by atoms with E-state index in [0.29, 0.717) is 12.6 Å². The molecule has 0 aliphatic carbocycles. The molecule has 2 aliphatic heterocycles. The van der Waals surface area contributed by atoms with E-state index in [2.05, 4.69) is 25.3 Å². The van der Waals surface area contributed by atoms with Crippen LogP contribution < -0.4 is 10.2 Å². The van der Waals surface area contributed by atoms with Gasteiger partial charge in [0.15, 0.2) is 0 Å². The summed E-state index contributed by atoms with van der Waals surface area (Å²) in [7, 11) is 3.97. The van der Waals surface area contributed by atoms with Crippen LogP contribution >= 0.6 is 0 Å². The molecule has 2 aromatic rings.